The van der Waals surface area contributed by atoms with Crippen molar-refractivity contribution in [3.8, 4) is 0 Å². The van der Waals surface area contributed by atoms with E-state index in [2.05, 4.69) is 74.3 Å². The lowest BCUT2D eigenvalue weighted by atomic mass is 10.0. The highest BCUT2D eigenvalue weighted by atomic mass is 79.9. The third-order valence-electron chi connectivity index (χ3n) is 3.08. The van der Waals surface area contributed by atoms with E-state index in [1.165, 1.54) is 11.1 Å². The largest absolute Gasteiger partial charge is 0.305 e. The summed E-state index contributed by atoms with van der Waals surface area (Å²) in [5.41, 5.74) is 3.61. The normalized spacial score (nSPS) is 12.7. The summed E-state index contributed by atoms with van der Waals surface area (Å²) in [4.78, 5) is 0. The molecule has 2 aromatic rings. The van der Waals surface area contributed by atoms with E-state index in [-0.39, 0.29) is 6.04 Å². The Morgan fingerprint density at radius 2 is 2.05 bits per heavy atom. The number of aromatic nitrogens is 2. The summed E-state index contributed by atoms with van der Waals surface area (Å²) in [6, 6.07) is 6.52. The van der Waals surface area contributed by atoms with Gasteiger partial charge in [0.1, 0.15) is 0 Å². The third-order valence-corrected chi connectivity index (χ3v) is 4.41. The van der Waals surface area contributed by atoms with Crippen LogP contribution in [-0.4, -0.2) is 16.3 Å². The number of nitrogens with one attached hydrogen (secondary N) is 1. The van der Waals surface area contributed by atoms with Crippen LogP contribution in [0.15, 0.2) is 33.3 Å². The van der Waals surface area contributed by atoms with Crippen molar-refractivity contribution in [2.45, 2.75) is 19.9 Å². The highest BCUT2D eigenvalue weighted by Gasteiger charge is 2.22. The van der Waals surface area contributed by atoms with Gasteiger partial charge < -0.3 is 5.32 Å². The monoisotopic (exact) mass is 385 g/mol. The molecule has 19 heavy (non-hydrogen) atoms. The standard InChI is InChI=1S/C14H17Br2N3/c1-4-17-13(14-12(16)8-18-19(14)3)10-7-9(2)5-6-11(10)15/h5-8,13,17H,4H2,1-3H3. The van der Waals surface area contributed by atoms with Gasteiger partial charge in [-0.3, -0.25) is 4.68 Å². The Morgan fingerprint density at radius 3 is 2.63 bits per heavy atom. The number of halogens is 2. The van der Waals surface area contributed by atoms with Crippen LogP contribution in [0, 0.1) is 6.92 Å². The van der Waals surface area contributed by atoms with E-state index in [1.807, 2.05) is 17.9 Å². The van der Waals surface area contributed by atoms with Gasteiger partial charge in [0.05, 0.1) is 22.4 Å². The first-order valence-electron chi connectivity index (χ1n) is 6.21. The fraction of sp³-hybridized carbons (Fsp3) is 0.357. The predicted molar refractivity (Wildman–Crippen MR) is 85.3 cm³/mol. The van der Waals surface area contributed by atoms with Gasteiger partial charge >= 0.3 is 0 Å². The van der Waals surface area contributed by atoms with Gasteiger partial charge in [0.2, 0.25) is 0 Å². The summed E-state index contributed by atoms with van der Waals surface area (Å²) in [6.45, 7) is 5.11. The number of aryl methyl sites for hydroxylation is 2. The second-order valence-electron chi connectivity index (χ2n) is 4.52. The summed E-state index contributed by atoms with van der Waals surface area (Å²) in [5.74, 6) is 0. The molecule has 1 heterocycles. The molecular formula is C14H17Br2N3. The molecule has 0 fully saturated rings. The molecule has 0 radical (unpaired) electrons. The van der Waals surface area contributed by atoms with Crippen LogP contribution in [0.1, 0.15) is 29.8 Å². The molecule has 5 heteroatoms. The maximum atomic E-state index is 4.31. The molecule has 102 valence electrons. The summed E-state index contributed by atoms with van der Waals surface area (Å²) >= 11 is 7.24. The quantitative estimate of drug-likeness (QED) is 0.861. The SMILES string of the molecule is CCNC(c1cc(C)ccc1Br)c1c(Br)cnn1C. The Labute approximate surface area is 130 Å². The Balaban J connectivity index is 2.54. The first kappa shape index (κ1) is 14.8. The van der Waals surface area contributed by atoms with Crippen LogP contribution in [-0.2, 0) is 7.05 Å². The zero-order chi connectivity index (χ0) is 14.0. The van der Waals surface area contributed by atoms with Gasteiger partial charge in [-0.05, 0) is 41.0 Å². The zero-order valence-electron chi connectivity index (χ0n) is 11.2. The molecule has 0 bridgehead atoms. The molecule has 1 aromatic carbocycles. The smallest absolute Gasteiger partial charge is 0.0770 e. The van der Waals surface area contributed by atoms with E-state index in [9.17, 15) is 0 Å². The lowest BCUT2D eigenvalue weighted by Gasteiger charge is -2.21. The molecular weight excluding hydrogens is 370 g/mol. The third kappa shape index (κ3) is 3.09. The van der Waals surface area contributed by atoms with Gasteiger partial charge in [-0.2, -0.15) is 5.10 Å². The van der Waals surface area contributed by atoms with Crippen LogP contribution >= 0.6 is 31.9 Å². The zero-order valence-corrected chi connectivity index (χ0v) is 14.4. The Hall–Kier alpha value is -0.650. The summed E-state index contributed by atoms with van der Waals surface area (Å²) in [5, 5.41) is 7.84. The molecule has 0 aliphatic rings. The molecule has 1 unspecified atom stereocenters. The van der Waals surface area contributed by atoms with Crippen molar-refractivity contribution in [3.05, 3.63) is 50.2 Å². The number of nitrogens with zero attached hydrogens (tertiary/aromatic N) is 2. The lowest BCUT2D eigenvalue weighted by Crippen LogP contribution is -2.25. The van der Waals surface area contributed by atoms with E-state index in [0.29, 0.717) is 0 Å². The first-order valence-corrected chi connectivity index (χ1v) is 7.80. The average molecular weight is 387 g/mol. The van der Waals surface area contributed by atoms with Gasteiger partial charge in [0.15, 0.2) is 0 Å². The topological polar surface area (TPSA) is 29.9 Å². The van der Waals surface area contributed by atoms with Gasteiger partial charge in [-0.1, -0.05) is 40.5 Å². The Bertz CT molecular complexity index is 559. The van der Waals surface area contributed by atoms with E-state index in [4.69, 9.17) is 0 Å². The molecule has 0 amide bonds. The molecule has 1 N–H and O–H groups in total. The van der Waals surface area contributed by atoms with Crippen molar-refractivity contribution in [2.75, 3.05) is 6.54 Å². The van der Waals surface area contributed by atoms with Crippen LogP contribution in [0.25, 0.3) is 0 Å². The summed E-state index contributed by atoms with van der Waals surface area (Å²) in [6.07, 6.45) is 1.84. The van der Waals surface area contributed by atoms with Crippen LogP contribution in [0.5, 0.6) is 0 Å². The van der Waals surface area contributed by atoms with Crippen molar-refractivity contribution < 1.29 is 0 Å². The van der Waals surface area contributed by atoms with Gasteiger partial charge in [-0.25, -0.2) is 0 Å². The van der Waals surface area contributed by atoms with E-state index < -0.39 is 0 Å². The average Bonchev–Trinajstić information content (AvgIpc) is 2.70. The minimum absolute atomic E-state index is 0.112. The van der Waals surface area contributed by atoms with E-state index >= 15 is 0 Å². The second kappa shape index (κ2) is 6.20. The highest BCUT2D eigenvalue weighted by Crippen LogP contribution is 2.32. The molecule has 0 saturated carbocycles. The van der Waals surface area contributed by atoms with Crippen molar-refractivity contribution in [2.24, 2.45) is 7.05 Å². The van der Waals surface area contributed by atoms with Gasteiger partial charge in [-0.15, -0.1) is 0 Å². The van der Waals surface area contributed by atoms with Crippen molar-refractivity contribution in [1.82, 2.24) is 15.1 Å². The number of hydrogen-bond acceptors (Lipinski definition) is 2. The molecule has 1 aromatic heterocycles. The number of benzene rings is 1. The van der Waals surface area contributed by atoms with Gasteiger partial charge in [0.25, 0.3) is 0 Å². The predicted octanol–water partition coefficient (Wildman–Crippen LogP) is 3.95. The Kier molecular flexibility index (Phi) is 4.81. The van der Waals surface area contributed by atoms with Crippen LogP contribution in [0.3, 0.4) is 0 Å². The van der Waals surface area contributed by atoms with Crippen LogP contribution in [0.4, 0.5) is 0 Å². The maximum Gasteiger partial charge on any atom is 0.0770 e. The highest BCUT2D eigenvalue weighted by molar-refractivity contribution is 9.10. The maximum absolute atomic E-state index is 4.31. The molecule has 1 atom stereocenters. The molecule has 3 nitrogen and oxygen atoms in total. The van der Waals surface area contributed by atoms with Crippen molar-refractivity contribution in [3.63, 3.8) is 0 Å². The minimum atomic E-state index is 0.112. The van der Waals surface area contributed by atoms with E-state index in [1.54, 1.807) is 0 Å². The molecule has 0 spiro atoms. The summed E-state index contributed by atoms with van der Waals surface area (Å²) in [7, 11) is 1.97. The van der Waals surface area contributed by atoms with Crippen molar-refractivity contribution in [1.29, 1.82) is 0 Å². The molecule has 2 rings (SSSR count). The molecule has 0 aliphatic carbocycles. The van der Waals surface area contributed by atoms with Crippen LogP contribution in [0.2, 0.25) is 0 Å². The fourth-order valence-electron chi connectivity index (χ4n) is 2.19. The fourth-order valence-corrected chi connectivity index (χ4v) is 3.24. The second-order valence-corrected chi connectivity index (χ2v) is 6.23. The Morgan fingerprint density at radius 1 is 1.32 bits per heavy atom. The summed E-state index contributed by atoms with van der Waals surface area (Å²) < 4.78 is 4.04. The number of rotatable bonds is 4. The molecule has 0 saturated heterocycles. The first-order chi connectivity index (χ1) is 9.04. The van der Waals surface area contributed by atoms with E-state index in [0.717, 1.165) is 21.2 Å². The minimum Gasteiger partial charge on any atom is -0.305 e. The molecule has 0 aliphatic heterocycles. The lowest BCUT2D eigenvalue weighted by molar-refractivity contribution is 0.569. The van der Waals surface area contributed by atoms with Crippen molar-refractivity contribution >= 4 is 31.9 Å². The number of hydrogen-bond donors (Lipinski definition) is 1. The van der Waals surface area contributed by atoms with Gasteiger partial charge in [0, 0.05) is 11.5 Å². The van der Waals surface area contributed by atoms with Crippen LogP contribution < -0.4 is 5.32 Å².